The Morgan fingerprint density at radius 1 is 1.21 bits per heavy atom. The molecule has 0 spiro atoms. The second-order valence-electron chi connectivity index (χ2n) is 5.93. The van der Waals surface area contributed by atoms with Crippen molar-refractivity contribution in [2.24, 2.45) is 0 Å². The Hall–Kier alpha value is -2.71. The summed E-state index contributed by atoms with van der Waals surface area (Å²) in [6.45, 7) is 1.80. The lowest BCUT2D eigenvalue weighted by molar-refractivity contribution is -0.122. The van der Waals surface area contributed by atoms with Crippen LogP contribution in [0.4, 0.5) is 9.52 Å². The first-order valence-electron chi connectivity index (χ1n) is 9.05. The molecule has 0 unspecified atom stereocenters. The first kappa shape index (κ1) is 21.0. The smallest absolute Gasteiger partial charge is 0.267 e. The minimum absolute atomic E-state index is 0.0493. The molecule has 0 aliphatic heterocycles. The number of ether oxygens (including phenoxy) is 1. The summed E-state index contributed by atoms with van der Waals surface area (Å²) >= 11 is 2.82. The molecule has 0 saturated heterocycles. The molecule has 1 heterocycles. The number of halogens is 1. The van der Waals surface area contributed by atoms with E-state index in [0.29, 0.717) is 11.6 Å². The third kappa shape index (κ3) is 6.40. The van der Waals surface area contributed by atoms with E-state index < -0.39 is 11.9 Å². The van der Waals surface area contributed by atoms with Crippen LogP contribution in [-0.2, 0) is 4.79 Å². The Bertz CT molecular complexity index is 963. The molecule has 5 nitrogen and oxygen atoms in total. The molecule has 1 amide bonds. The minimum Gasteiger partial charge on any atom is -0.478 e. The molecule has 1 atom stereocenters. The predicted molar refractivity (Wildman–Crippen MR) is 116 cm³/mol. The van der Waals surface area contributed by atoms with E-state index in [1.807, 2.05) is 36.4 Å². The average molecular weight is 430 g/mol. The molecule has 1 N–H and O–H groups in total. The number of benzene rings is 2. The van der Waals surface area contributed by atoms with Crippen LogP contribution in [-0.4, -0.2) is 28.0 Å². The number of aromatic nitrogens is 2. The Morgan fingerprint density at radius 2 is 1.97 bits per heavy atom. The maximum absolute atomic E-state index is 13.8. The largest absolute Gasteiger partial charge is 0.478 e. The molecule has 0 bridgehead atoms. The third-order valence-electron chi connectivity index (χ3n) is 3.82. The van der Waals surface area contributed by atoms with Crippen LogP contribution in [0.3, 0.4) is 0 Å². The normalized spacial score (nSPS) is 12.1. The average Bonchev–Trinajstić information content (AvgIpc) is 3.18. The molecule has 8 heteroatoms. The van der Waals surface area contributed by atoms with Crippen LogP contribution in [0.2, 0.25) is 0 Å². The van der Waals surface area contributed by atoms with Crippen LogP contribution in [0.15, 0.2) is 65.0 Å². The highest BCUT2D eigenvalue weighted by Crippen LogP contribution is 2.26. The summed E-state index contributed by atoms with van der Waals surface area (Å²) in [4.78, 5) is 12.4. The number of carbonyl (C=O) groups excluding carboxylic acids is 1. The Morgan fingerprint density at radius 3 is 2.72 bits per heavy atom. The first-order valence-corrected chi connectivity index (χ1v) is 10.9. The molecule has 29 heavy (non-hydrogen) atoms. The van der Waals surface area contributed by atoms with Gasteiger partial charge in [0.1, 0.15) is 0 Å². The Balaban J connectivity index is 1.51. The van der Waals surface area contributed by atoms with Crippen LogP contribution < -0.4 is 10.1 Å². The molecule has 0 saturated carbocycles. The van der Waals surface area contributed by atoms with Crippen molar-refractivity contribution >= 4 is 40.2 Å². The van der Waals surface area contributed by atoms with Crippen molar-refractivity contribution in [3.05, 3.63) is 72.1 Å². The van der Waals surface area contributed by atoms with Crippen molar-refractivity contribution in [2.45, 2.75) is 23.8 Å². The van der Waals surface area contributed by atoms with Crippen molar-refractivity contribution in [3.63, 3.8) is 0 Å². The lowest BCUT2D eigenvalue weighted by Gasteiger charge is -2.16. The van der Waals surface area contributed by atoms with Crippen molar-refractivity contribution < 1.29 is 13.9 Å². The highest BCUT2D eigenvalue weighted by Gasteiger charge is 2.21. The van der Waals surface area contributed by atoms with E-state index in [1.165, 1.54) is 35.2 Å². The number of nitrogens with zero attached hydrogens (tertiary/aromatic N) is 2. The van der Waals surface area contributed by atoms with Crippen molar-refractivity contribution in [1.29, 1.82) is 0 Å². The van der Waals surface area contributed by atoms with Crippen molar-refractivity contribution in [3.8, 4) is 5.75 Å². The van der Waals surface area contributed by atoms with Crippen molar-refractivity contribution in [2.75, 3.05) is 11.1 Å². The summed E-state index contributed by atoms with van der Waals surface area (Å²) in [6, 6.07) is 16.0. The van der Waals surface area contributed by atoms with Gasteiger partial charge in [0.2, 0.25) is 5.13 Å². The van der Waals surface area contributed by atoms with E-state index in [2.05, 4.69) is 21.6 Å². The molecule has 1 aromatic heterocycles. The van der Waals surface area contributed by atoms with Crippen LogP contribution in [0, 0.1) is 5.82 Å². The van der Waals surface area contributed by atoms with Gasteiger partial charge in [-0.3, -0.25) is 10.1 Å². The van der Waals surface area contributed by atoms with Gasteiger partial charge in [0, 0.05) is 5.75 Å². The fraction of sp³-hybridized carbons (Fsp3) is 0.190. The zero-order valence-electron chi connectivity index (χ0n) is 15.7. The van der Waals surface area contributed by atoms with Crippen molar-refractivity contribution in [1.82, 2.24) is 10.2 Å². The molecule has 0 aliphatic rings. The summed E-state index contributed by atoms with van der Waals surface area (Å²) in [5.41, 5.74) is 1.14. The fourth-order valence-electron chi connectivity index (χ4n) is 2.39. The summed E-state index contributed by atoms with van der Waals surface area (Å²) < 4.78 is 20.0. The lowest BCUT2D eigenvalue weighted by Crippen LogP contribution is -2.32. The van der Waals surface area contributed by atoms with Crippen LogP contribution in [0.1, 0.15) is 18.9 Å². The number of amides is 1. The molecule has 0 fully saturated rings. The zero-order chi connectivity index (χ0) is 20.5. The number of carbonyl (C=O) groups is 1. The summed E-state index contributed by atoms with van der Waals surface area (Å²) in [6.07, 6.45) is 3.67. The number of para-hydroxylation sites is 1. The molecule has 3 aromatic rings. The van der Waals surface area contributed by atoms with E-state index in [0.717, 1.165) is 15.7 Å². The standard InChI is InChI=1S/C21H20FN3O2S2/c1-2-17(27-18-13-7-6-12-16(18)22)19(26)23-20-24-25-21(29-20)28-14-8-11-15-9-4-3-5-10-15/h3-13,17H,2,14H2,1H3,(H,23,24,26)/b11-8+/t17-/m1/s1. The van der Waals surface area contributed by atoms with Gasteiger partial charge in [-0.15, -0.1) is 10.2 Å². The highest BCUT2D eigenvalue weighted by atomic mass is 32.2. The number of rotatable bonds is 9. The van der Waals surface area contributed by atoms with Gasteiger partial charge in [-0.1, -0.05) is 84.6 Å². The SMILES string of the molecule is CC[C@@H](Oc1ccccc1F)C(=O)Nc1nnc(SC/C=C/c2ccccc2)s1. The van der Waals surface area contributed by atoms with Crippen LogP contribution in [0.5, 0.6) is 5.75 Å². The molecule has 0 aliphatic carbocycles. The number of thioether (sulfide) groups is 1. The molecular weight excluding hydrogens is 409 g/mol. The maximum Gasteiger partial charge on any atom is 0.267 e. The Labute approximate surface area is 177 Å². The second-order valence-corrected chi connectivity index (χ2v) is 8.18. The van der Waals surface area contributed by atoms with Gasteiger partial charge < -0.3 is 4.74 Å². The summed E-state index contributed by atoms with van der Waals surface area (Å²) in [5.74, 6) is -0.0941. The van der Waals surface area contributed by atoms with E-state index in [1.54, 1.807) is 19.1 Å². The fourth-order valence-corrected chi connectivity index (χ4v) is 3.98. The number of hydrogen-bond acceptors (Lipinski definition) is 6. The molecule has 0 radical (unpaired) electrons. The van der Waals surface area contributed by atoms with Gasteiger partial charge in [0.15, 0.2) is 22.0 Å². The van der Waals surface area contributed by atoms with E-state index in [-0.39, 0.29) is 11.7 Å². The Kier molecular flexibility index (Phi) is 7.77. The predicted octanol–water partition coefficient (Wildman–Crippen LogP) is 5.28. The number of nitrogens with one attached hydrogen (secondary N) is 1. The third-order valence-corrected chi connectivity index (χ3v) is 5.74. The van der Waals surface area contributed by atoms with Gasteiger partial charge >= 0.3 is 0 Å². The van der Waals surface area contributed by atoms with Gasteiger partial charge in [0.25, 0.3) is 5.91 Å². The maximum atomic E-state index is 13.8. The molecule has 150 valence electrons. The van der Waals surface area contributed by atoms with E-state index >= 15 is 0 Å². The second kappa shape index (κ2) is 10.7. The first-order chi connectivity index (χ1) is 14.2. The van der Waals surface area contributed by atoms with Gasteiger partial charge in [0.05, 0.1) is 0 Å². The summed E-state index contributed by atoms with van der Waals surface area (Å²) in [5, 5.41) is 11.2. The van der Waals surface area contributed by atoms with Crippen LogP contribution in [0.25, 0.3) is 6.08 Å². The highest BCUT2D eigenvalue weighted by molar-refractivity contribution is 8.01. The molecular formula is C21H20FN3O2S2. The van der Waals surface area contributed by atoms with Crippen LogP contribution >= 0.6 is 23.1 Å². The van der Waals surface area contributed by atoms with E-state index in [4.69, 9.17) is 4.74 Å². The molecule has 2 aromatic carbocycles. The number of anilines is 1. The number of hydrogen-bond donors (Lipinski definition) is 1. The minimum atomic E-state index is -0.819. The lowest BCUT2D eigenvalue weighted by atomic mass is 10.2. The van der Waals surface area contributed by atoms with Gasteiger partial charge in [-0.25, -0.2) is 4.39 Å². The van der Waals surface area contributed by atoms with E-state index in [9.17, 15) is 9.18 Å². The topological polar surface area (TPSA) is 64.1 Å². The summed E-state index contributed by atoms with van der Waals surface area (Å²) in [7, 11) is 0. The van der Waals surface area contributed by atoms with Gasteiger partial charge in [-0.05, 0) is 24.1 Å². The zero-order valence-corrected chi connectivity index (χ0v) is 17.4. The van der Waals surface area contributed by atoms with Gasteiger partial charge in [-0.2, -0.15) is 0 Å². The monoisotopic (exact) mass is 429 g/mol. The molecule has 3 rings (SSSR count). The quantitative estimate of drug-likeness (QED) is 0.370.